The summed E-state index contributed by atoms with van der Waals surface area (Å²) in [6.45, 7) is 10.6. The Morgan fingerprint density at radius 3 is 2.52 bits per heavy atom. The van der Waals surface area contributed by atoms with Crippen molar-refractivity contribution in [1.82, 2.24) is 25.4 Å². The van der Waals surface area contributed by atoms with E-state index in [9.17, 15) is 9.59 Å². The van der Waals surface area contributed by atoms with Crippen LogP contribution in [0.5, 0.6) is 0 Å². The Balaban J connectivity index is 2.32. The van der Waals surface area contributed by atoms with Crippen LogP contribution in [-0.4, -0.2) is 39.7 Å². The molecule has 0 saturated heterocycles. The first-order valence-corrected chi connectivity index (χ1v) is 8.78. The fraction of sp³-hybridized carbons (Fsp3) is 0.556. The second-order valence-corrected chi connectivity index (χ2v) is 6.70. The lowest BCUT2D eigenvalue weighted by atomic mass is 10.0. The third kappa shape index (κ3) is 4.35. The highest BCUT2D eigenvalue weighted by Gasteiger charge is 2.19. The van der Waals surface area contributed by atoms with Crippen LogP contribution in [0.25, 0.3) is 11.0 Å². The van der Waals surface area contributed by atoms with Gasteiger partial charge in [0.1, 0.15) is 0 Å². The molecular formula is C18H27N5O2. The Morgan fingerprint density at radius 2 is 1.92 bits per heavy atom. The summed E-state index contributed by atoms with van der Waals surface area (Å²) < 4.78 is 1.81. The van der Waals surface area contributed by atoms with Crippen LogP contribution in [0.3, 0.4) is 0 Å². The minimum absolute atomic E-state index is 0.0437. The summed E-state index contributed by atoms with van der Waals surface area (Å²) >= 11 is 0. The molecule has 25 heavy (non-hydrogen) atoms. The molecule has 2 aromatic rings. The lowest BCUT2D eigenvalue weighted by molar-refractivity contribution is -0.120. The van der Waals surface area contributed by atoms with E-state index in [1.807, 2.05) is 39.3 Å². The smallest absolute Gasteiger partial charge is 0.252 e. The third-order valence-corrected chi connectivity index (χ3v) is 3.89. The topological polar surface area (TPSA) is 88.9 Å². The number of rotatable bonds is 7. The van der Waals surface area contributed by atoms with E-state index in [1.165, 1.54) is 0 Å². The largest absolute Gasteiger partial charge is 0.355 e. The van der Waals surface area contributed by atoms with Crippen molar-refractivity contribution in [2.45, 2.75) is 53.0 Å². The number of fused-ring (bicyclic) bond motifs is 1. The van der Waals surface area contributed by atoms with Crippen LogP contribution in [-0.2, 0) is 4.79 Å². The van der Waals surface area contributed by atoms with E-state index in [1.54, 1.807) is 12.3 Å². The monoisotopic (exact) mass is 345 g/mol. The van der Waals surface area contributed by atoms with Gasteiger partial charge in [0.05, 0.1) is 23.7 Å². The Morgan fingerprint density at radius 1 is 1.20 bits per heavy atom. The van der Waals surface area contributed by atoms with Crippen LogP contribution in [0.4, 0.5) is 0 Å². The summed E-state index contributed by atoms with van der Waals surface area (Å²) in [5.74, 6) is -0.300. The van der Waals surface area contributed by atoms with Gasteiger partial charge < -0.3 is 10.6 Å². The van der Waals surface area contributed by atoms with Crippen molar-refractivity contribution in [3.05, 3.63) is 23.5 Å². The molecule has 0 radical (unpaired) electrons. The van der Waals surface area contributed by atoms with Gasteiger partial charge in [0.25, 0.3) is 5.91 Å². The predicted molar refractivity (Wildman–Crippen MR) is 97.6 cm³/mol. The zero-order valence-corrected chi connectivity index (χ0v) is 15.6. The second kappa shape index (κ2) is 8.09. The molecule has 136 valence electrons. The number of aromatic nitrogens is 3. The van der Waals surface area contributed by atoms with Crippen molar-refractivity contribution in [3.8, 4) is 0 Å². The van der Waals surface area contributed by atoms with Gasteiger partial charge >= 0.3 is 0 Å². The van der Waals surface area contributed by atoms with Gasteiger partial charge in [0.15, 0.2) is 5.65 Å². The van der Waals surface area contributed by atoms with Crippen LogP contribution in [0.2, 0.25) is 0 Å². The first-order valence-electron chi connectivity index (χ1n) is 8.78. The molecule has 2 amide bonds. The molecule has 0 atom stereocenters. The van der Waals surface area contributed by atoms with E-state index in [0.29, 0.717) is 23.1 Å². The molecule has 2 aromatic heterocycles. The van der Waals surface area contributed by atoms with Gasteiger partial charge in [-0.05, 0) is 32.3 Å². The molecule has 0 saturated carbocycles. The minimum atomic E-state index is -0.288. The van der Waals surface area contributed by atoms with Crippen LogP contribution >= 0.6 is 0 Å². The summed E-state index contributed by atoms with van der Waals surface area (Å²) in [5, 5.41) is 10.5. The molecule has 0 fully saturated rings. The third-order valence-electron chi connectivity index (χ3n) is 3.89. The van der Waals surface area contributed by atoms with Crippen molar-refractivity contribution >= 4 is 22.8 Å². The van der Waals surface area contributed by atoms with E-state index in [4.69, 9.17) is 0 Å². The second-order valence-electron chi connectivity index (χ2n) is 6.70. The number of hydrogen-bond acceptors (Lipinski definition) is 4. The molecule has 2 rings (SSSR count). The SMILES string of the molecule is CCCNC(=O)CNC(=O)c1cc(C(C)C)nc2c1cnn2C(C)C. The first-order chi connectivity index (χ1) is 11.8. The van der Waals surface area contributed by atoms with Crippen LogP contribution in [0.15, 0.2) is 12.3 Å². The van der Waals surface area contributed by atoms with Crippen molar-refractivity contribution in [2.75, 3.05) is 13.1 Å². The zero-order valence-electron chi connectivity index (χ0n) is 15.6. The van der Waals surface area contributed by atoms with Gasteiger partial charge in [-0.25, -0.2) is 9.67 Å². The summed E-state index contributed by atoms with van der Waals surface area (Å²) in [6, 6.07) is 1.93. The molecule has 0 aliphatic heterocycles. The van der Waals surface area contributed by atoms with Crippen LogP contribution in [0, 0.1) is 0 Å². The standard InChI is InChI=1S/C18H27N5O2/c1-6-7-19-16(24)10-20-18(25)13-8-15(11(2)3)22-17-14(13)9-21-23(17)12(4)5/h8-9,11-12H,6-7,10H2,1-5H3,(H,19,24)(H,20,25). The fourth-order valence-electron chi connectivity index (χ4n) is 2.48. The average Bonchev–Trinajstić information content (AvgIpc) is 3.00. The molecule has 0 aliphatic rings. The number of carbonyl (C=O) groups excluding carboxylic acids is 2. The minimum Gasteiger partial charge on any atom is -0.355 e. The van der Waals surface area contributed by atoms with E-state index in [-0.39, 0.29) is 30.3 Å². The molecule has 0 unspecified atom stereocenters. The molecule has 0 spiro atoms. The highest BCUT2D eigenvalue weighted by Crippen LogP contribution is 2.24. The number of nitrogens with zero attached hydrogens (tertiary/aromatic N) is 3. The number of pyridine rings is 1. The van der Waals surface area contributed by atoms with Gasteiger partial charge in [-0.1, -0.05) is 20.8 Å². The summed E-state index contributed by atoms with van der Waals surface area (Å²) in [6.07, 6.45) is 2.52. The molecule has 0 bridgehead atoms. The molecule has 2 heterocycles. The maximum atomic E-state index is 12.6. The maximum absolute atomic E-state index is 12.6. The summed E-state index contributed by atoms with van der Waals surface area (Å²) in [4.78, 5) is 29.0. The molecule has 0 aliphatic carbocycles. The van der Waals surface area contributed by atoms with E-state index in [2.05, 4.69) is 20.7 Å². The number of carbonyl (C=O) groups is 2. The Kier molecular flexibility index (Phi) is 6.12. The van der Waals surface area contributed by atoms with Gasteiger partial charge in [-0.2, -0.15) is 5.10 Å². The van der Waals surface area contributed by atoms with Crippen LogP contribution < -0.4 is 10.6 Å². The molecule has 7 heteroatoms. The van der Waals surface area contributed by atoms with Crippen LogP contribution in [0.1, 0.15) is 69.1 Å². The van der Waals surface area contributed by atoms with Gasteiger partial charge in [-0.3, -0.25) is 9.59 Å². The van der Waals surface area contributed by atoms with Gasteiger partial charge in [0, 0.05) is 18.3 Å². The predicted octanol–water partition coefficient (Wildman–Crippen LogP) is 2.39. The summed E-state index contributed by atoms with van der Waals surface area (Å²) in [7, 11) is 0. The van der Waals surface area contributed by atoms with E-state index >= 15 is 0 Å². The van der Waals surface area contributed by atoms with Crippen molar-refractivity contribution in [3.63, 3.8) is 0 Å². The summed E-state index contributed by atoms with van der Waals surface area (Å²) in [5.41, 5.74) is 2.03. The Hall–Kier alpha value is -2.44. The zero-order chi connectivity index (χ0) is 18.6. The highest BCUT2D eigenvalue weighted by molar-refractivity contribution is 6.06. The van der Waals surface area contributed by atoms with Crippen molar-refractivity contribution < 1.29 is 9.59 Å². The lowest BCUT2D eigenvalue weighted by Crippen LogP contribution is -2.37. The van der Waals surface area contributed by atoms with Crippen molar-refractivity contribution in [1.29, 1.82) is 0 Å². The molecular weight excluding hydrogens is 318 g/mol. The average molecular weight is 345 g/mol. The normalized spacial score (nSPS) is 11.3. The van der Waals surface area contributed by atoms with Gasteiger partial charge in [0.2, 0.25) is 5.91 Å². The number of amides is 2. The molecule has 7 nitrogen and oxygen atoms in total. The van der Waals surface area contributed by atoms with Crippen molar-refractivity contribution in [2.24, 2.45) is 0 Å². The Labute approximate surface area is 148 Å². The van der Waals surface area contributed by atoms with Gasteiger partial charge in [-0.15, -0.1) is 0 Å². The molecule has 0 aromatic carbocycles. The first kappa shape index (κ1) is 18.9. The lowest BCUT2D eigenvalue weighted by Gasteiger charge is -2.12. The highest BCUT2D eigenvalue weighted by atomic mass is 16.2. The fourth-order valence-corrected chi connectivity index (χ4v) is 2.48. The Bertz CT molecular complexity index is 764. The number of hydrogen-bond donors (Lipinski definition) is 2. The quantitative estimate of drug-likeness (QED) is 0.806. The van der Waals surface area contributed by atoms with E-state index in [0.717, 1.165) is 12.1 Å². The molecule has 2 N–H and O–H groups in total. The number of nitrogens with one attached hydrogen (secondary N) is 2. The van der Waals surface area contributed by atoms with E-state index < -0.39 is 0 Å². The maximum Gasteiger partial charge on any atom is 0.252 e.